The summed E-state index contributed by atoms with van der Waals surface area (Å²) in [7, 11) is 0. The van der Waals surface area contributed by atoms with Crippen LogP contribution in [0.2, 0.25) is 0 Å². The second-order valence-electron chi connectivity index (χ2n) is 6.36. The van der Waals surface area contributed by atoms with Gasteiger partial charge in [0.1, 0.15) is 0 Å². The van der Waals surface area contributed by atoms with Gasteiger partial charge in [-0.15, -0.1) is 0 Å². The maximum absolute atomic E-state index is 12.8. The van der Waals surface area contributed by atoms with Crippen molar-refractivity contribution in [2.45, 2.75) is 39.5 Å². The number of carbonyl (C=O) groups excluding carboxylic acids is 4. The van der Waals surface area contributed by atoms with E-state index in [1.807, 2.05) is 0 Å². The summed E-state index contributed by atoms with van der Waals surface area (Å²) in [5.41, 5.74) is -1.70. The molecule has 0 spiro atoms. The van der Waals surface area contributed by atoms with Gasteiger partial charge < -0.3 is 19.3 Å². The molecule has 0 bridgehead atoms. The van der Waals surface area contributed by atoms with Crippen LogP contribution in [0.3, 0.4) is 0 Å². The van der Waals surface area contributed by atoms with Crippen molar-refractivity contribution in [3.63, 3.8) is 0 Å². The number of hydrogen-bond donors (Lipinski definition) is 0. The van der Waals surface area contributed by atoms with Crippen LogP contribution in [0.5, 0.6) is 0 Å². The fourth-order valence-corrected chi connectivity index (χ4v) is 3.32. The fraction of sp³-hybridized carbons (Fsp3) is 0.765. The van der Waals surface area contributed by atoms with E-state index in [1.54, 1.807) is 13.8 Å². The average molecular weight is 354 g/mol. The number of nitrogens with zero attached hydrogens (tertiary/aromatic N) is 2. The Bertz CT molecular complexity index is 499. The molecule has 2 rings (SSSR count). The van der Waals surface area contributed by atoms with Crippen LogP contribution >= 0.6 is 0 Å². The number of rotatable bonds is 8. The van der Waals surface area contributed by atoms with Crippen LogP contribution in [0.4, 0.5) is 0 Å². The van der Waals surface area contributed by atoms with Gasteiger partial charge in [-0.3, -0.25) is 19.2 Å². The van der Waals surface area contributed by atoms with Crippen molar-refractivity contribution in [3.8, 4) is 0 Å². The monoisotopic (exact) mass is 354 g/mol. The van der Waals surface area contributed by atoms with Gasteiger partial charge in [-0.1, -0.05) is 0 Å². The van der Waals surface area contributed by atoms with Gasteiger partial charge in [-0.2, -0.15) is 0 Å². The zero-order valence-corrected chi connectivity index (χ0v) is 14.9. The molecule has 0 unspecified atom stereocenters. The van der Waals surface area contributed by atoms with Gasteiger partial charge in [0.25, 0.3) is 0 Å². The van der Waals surface area contributed by atoms with Crippen molar-refractivity contribution < 1.29 is 28.7 Å². The summed E-state index contributed by atoms with van der Waals surface area (Å²) < 4.78 is 10.3. The molecule has 0 aromatic rings. The summed E-state index contributed by atoms with van der Waals surface area (Å²) >= 11 is 0. The normalized spacial score (nSPS) is 18.0. The summed E-state index contributed by atoms with van der Waals surface area (Å²) in [6.45, 7) is 4.22. The van der Waals surface area contributed by atoms with Gasteiger partial charge in [0, 0.05) is 39.0 Å². The van der Waals surface area contributed by atoms with Gasteiger partial charge in [-0.25, -0.2) is 0 Å². The quantitative estimate of drug-likeness (QED) is 0.461. The molecule has 0 N–H and O–H groups in total. The SMILES string of the molecule is CCOC(=O)C(CN1CCCC1=O)(CN1CCCC1=O)C(=O)OCC. The molecule has 25 heavy (non-hydrogen) atoms. The van der Waals surface area contributed by atoms with Crippen LogP contribution in [0.1, 0.15) is 39.5 Å². The number of carbonyl (C=O) groups is 4. The molecule has 8 nitrogen and oxygen atoms in total. The van der Waals surface area contributed by atoms with Crippen LogP contribution in [0.25, 0.3) is 0 Å². The Morgan fingerprint density at radius 3 is 1.56 bits per heavy atom. The van der Waals surface area contributed by atoms with Crippen molar-refractivity contribution in [2.75, 3.05) is 39.4 Å². The summed E-state index contributed by atoms with van der Waals surface area (Å²) in [4.78, 5) is 52.6. The van der Waals surface area contributed by atoms with E-state index < -0.39 is 17.4 Å². The third-order valence-electron chi connectivity index (χ3n) is 4.60. The van der Waals surface area contributed by atoms with Gasteiger partial charge in [0.15, 0.2) is 5.41 Å². The Balaban J connectivity index is 2.35. The number of ether oxygens (including phenoxy) is 2. The molecule has 0 aliphatic carbocycles. The summed E-state index contributed by atoms with van der Waals surface area (Å²) in [5, 5.41) is 0. The molecule has 2 fully saturated rings. The first-order valence-corrected chi connectivity index (χ1v) is 8.84. The van der Waals surface area contributed by atoms with Crippen molar-refractivity contribution in [3.05, 3.63) is 0 Å². The molecule has 0 aromatic heterocycles. The van der Waals surface area contributed by atoms with Crippen LogP contribution in [-0.4, -0.2) is 72.9 Å². The highest BCUT2D eigenvalue weighted by atomic mass is 16.6. The Morgan fingerprint density at radius 1 is 0.880 bits per heavy atom. The molecule has 2 saturated heterocycles. The first kappa shape index (κ1) is 19.2. The molecule has 0 aromatic carbocycles. The van der Waals surface area contributed by atoms with E-state index in [2.05, 4.69) is 0 Å². The summed E-state index contributed by atoms with van der Waals surface area (Å²) in [5.74, 6) is -1.70. The third kappa shape index (κ3) is 4.11. The van der Waals surface area contributed by atoms with Crippen LogP contribution in [0.15, 0.2) is 0 Å². The lowest BCUT2D eigenvalue weighted by Gasteiger charge is -2.35. The number of amides is 2. The fourth-order valence-electron chi connectivity index (χ4n) is 3.32. The molecule has 0 saturated carbocycles. The maximum Gasteiger partial charge on any atom is 0.327 e. The molecule has 140 valence electrons. The van der Waals surface area contributed by atoms with E-state index in [0.29, 0.717) is 38.8 Å². The van der Waals surface area contributed by atoms with E-state index in [0.717, 1.165) is 0 Å². The highest BCUT2D eigenvalue weighted by Gasteiger charge is 2.53. The van der Waals surface area contributed by atoms with Gasteiger partial charge in [0.2, 0.25) is 11.8 Å². The molecule has 2 aliphatic heterocycles. The Hall–Kier alpha value is -2.12. The minimum absolute atomic E-state index is 0.0991. The Labute approximate surface area is 147 Å². The van der Waals surface area contributed by atoms with E-state index in [1.165, 1.54) is 9.80 Å². The lowest BCUT2D eigenvalue weighted by molar-refractivity contribution is -0.175. The van der Waals surface area contributed by atoms with Crippen LogP contribution in [0, 0.1) is 5.41 Å². The van der Waals surface area contributed by atoms with Crippen molar-refractivity contribution in [1.29, 1.82) is 0 Å². The molecule has 2 heterocycles. The minimum atomic E-state index is -1.70. The second-order valence-corrected chi connectivity index (χ2v) is 6.36. The van der Waals surface area contributed by atoms with Crippen LogP contribution in [-0.2, 0) is 28.7 Å². The Kier molecular flexibility index (Phi) is 6.39. The minimum Gasteiger partial charge on any atom is -0.465 e. The largest absolute Gasteiger partial charge is 0.465 e. The predicted molar refractivity (Wildman–Crippen MR) is 87.3 cm³/mol. The summed E-state index contributed by atoms with van der Waals surface area (Å²) in [6, 6.07) is 0. The standard InChI is InChI=1S/C17H26N2O6/c1-3-24-15(22)17(16(23)25-4-2,11-18-9-5-7-13(18)20)12-19-10-6-8-14(19)21/h3-12H2,1-2H3. The number of hydrogen-bond acceptors (Lipinski definition) is 6. The lowest BCUT2D eigenvalue weighted by Crippen LogP contribution is -2.56. The van der Waals surface area contributed by atoms with Gasteiger partial charge >= 0.3 is 11.9 Å². The smallest absolute Gasteiger partial charge is 0.327 e. The van der Waals surface area contributed by atoms with E-state index in [4.69, 9.17) is 9.47 Å². The highest BCUT2D eigenvalue weighted by Crippen LogP contribution is 2.29. The predicted octanol–water partition coefficient (Wildman–Crippen LogP) is 0.344. The maximum atomic E-state index is 12.8. The highest BCUT2D eigenvalue weighted by molar-refractivity contribution is 6.02. The van der Waals surface area contributed by atoms with Crippen molar-refractivity contribution in [2.24, 2.45) is 5.41 Å². The number of likely N-dealkylation sites (tertiary alicyclic amines) is 2. The van der Waals surface area contributed by atoms with E-state index in [-0.39, 0.29) is 38.1 Å². The van der Waals surface area contributed by atoms with Crippen molar-refractivity contribution >= 4 is 23.8 Å². The first-order chi connectivity index (χ1) is 11.9. The molecular formula is C17H26N2O6. The topological polar surface area (TPSA) is 93.2 Å². The van der Waals surface area contributed by atoms with Crippen molar-refractivity contribution in [1.82, 2.24) is 9.80 Å². The van der Waals surface area contributed by atoms with E-state index in [9.17, 15) is 19.2 Å². The first-order valence-electron chi connectivity index (χ1n) is 8.84. The Morgan fingerprint density at radius 2 is 1.28 bits per heavy atom. The summed E-state index contributed by atoms with van der Waals surface area (Å²) in [6.07, 6.45) is 2.15. The lowest BCUT2D eigenvalue weighted by atomic mass is 9.86. The molecule has 8 heteroatoms. The molecular weight excluding hydrogens is 328 g/mol. The van der Waals surface area contributed by atoms with Crippen LogP contribution < -0.4 is 0 Å². The van der Waals surface area contributed by atoms with E-state index >= 15 is 0 Å². The zero-order valence-electron chi connectivity index (χ0n) is 14.9. The molecule has 2 aliphatic rings. The zero-order chi connectivity index (χ0) is 18.4. The van der Waals surface area contributed by atoms with Gasteiger partial charge in [0.05, 0.1) is 13.2 Å². The molecule has 0 radical (unpaired) electrons. The molecule has 0 atom stereocenters. The second kappa shape index (κ2) is 8.31. The average Bonchev–Trinajstić information content (AvgIpc) is 3.16. The van der Waals surface area contributed by atoms with Gasteiger partial charge in [-0.05, 0) is 26.7 Å². The molecule has 2 amide bonds. The number of esters is 2. The third-order valence-corrected chi connectivity index (χ3v) is 4.60.